The van der Waals surface area contributed by atoms with Crippen molar-refractivity contribution in [1.29, 1.82) is 0 Å². The number of hydrogen-bond acceptors (Lipinski definition) is 7. The smallest absolute Gasteiger partial charge is 0.355 e. The molecule has 0 heterocycles. The summed E-state index contributed by atoms with van der Waals surface area (Å²) in [6, 6.07) is 29.0. The van der Waals surface area contributed by atoms with Gasteiger partial charge in [-0.2, -0.15) is 0 Å². The third-order valence-electron chi connectivity index (χ3n) is 6.31. The Morgan fingerprint density at radius 2 is 1.43 bits per heavy atom. The van der Waals surface area contributed by atoms with Crippen LogP contribution < -0.4 is 18.9 Å². The van der Waals surface area contributed by atoms with Crippen molar-refractivity contribution in [1.82, 2.24) is 0 Å². The number of rotatable bonds is 11. The van der Waals surface area contributed by atoms with Crippen LogP contribution in [0.3, 0.4) is 0 Å². The van der Waals surface area contributed by atoms with Crippen LogP contribution in [0.1, 0.15) is 19.4 Å². The average molecular weight is 611 g/mol. The monoisotopic (exact) mass is 610 g/mol. The topological polar surface area (TPSA) is 80.3 Å². The number of hydrogen-bond donors (Lipinski definition) is 0. The molecule has 0 aliphatic carbocycles. The van der Waals surface area contributed by atoms with Crippen LogP contribution in [-0.2, 0) is 14.3 Å². The van der Waals surface area contributed by atoms with Crippen molar-refractivity contribution in [2.75, 3.05) is 20.3 Å². The second kappa shape index (κ2) is 14.8. The van der Waals surface area contributed by atoms with Crippen molar-refractivity contribution in [2.45, 2.75) is 19.4 Å². The van der Waals surface area contributed by atoms with Crippen molar-refractivity contribution in [2.24, 2.45) is 0 Å². The van der Waals surface area contributed by atoms with E-state index in [1.54, 1.807) is 44.2 Å². The Bertz CT molecular complexity index is 1670. The van der Waals surface area contributed by atoms with E-state index in [9.17, 15) is 9.59 Å². The van der Waals surface area contributed by atoms with Crippen LogP contribution >= 0.6 is 11.6 Å². The van der Waals surface area contributed by atoms with E-state index in [1.807, 2.05) is 54.6 Å². The van der Waals surface area contributed by atoms with E-state index in [4.69, 9.17) is 35.3 Å². The Labute approximate surface area is 261 Å². The van der Waals surface area contributed by atoms with Crippen LogP contribution in [0.5, 0.6) is 23.0 Å². The zero-order valence-corrected chi connectivity index (χ0v) is 25.4. The van der Waals surface area contributed by atoms with Crippen LogP contribution in [0.25, 0.3) is 16.7 Å². The number of halogens is 1. The molecular weight excluding hydrogens is 580 g/mol. The lowest BCUT2D eigenvalue weighted by Gasteiger charge is -2.24. The van der Waals surface area contributed by atoms with Crippen LogP contribution in [0.15, 0.2) is 104 Å². The van der Waals surface area contributed by atoms with Crippen molar-refractivity contribution in [3.8, 4) is 46.0 Å². The summed E-state index contributed by atoms with van der Waals surface area (Å²) in [5, 5.41) is 0.549. The second-order valence-electron chi connectivity index (χ2n) is 9.91. The third-order valence-corrected chi connectivity index (χ3v) is 6.56. The number of benzene rings is 4. The Morgan fingerprint density at radius 1 is 0.795 bits per heavy atom. The Balaban J connectivity index is 1.26. The maximum atomic E-state index is 12.9. The van der Waals surface area contributed by atoms with Gasteiger partial charge in [-0.05, 0) is 79.1 Å². The Hall–Kier alpha value is -5.19. The van der Waals surface area contributed by atoms with Gasteiger partial charge in [-0.25, -0.2) is 9.59 Å². The van der Waals surface area contributed by atoms with E-state index in [-0.39, 0.29) is 30.3 Å². The lowest BCUT2D eigenvalue weighted by molar-refractivity contribution is -0.149. The lowest BCUT2D eigenvalue weighted by Crippen LogP contribution is -2.41. The standard InChI is InChI=1S/C36H31ClO7/c1-25(34(38)42-23-9-8-22-41-30-17-12-27(13-18-30)26-10-6-5-7-11-26)28-14-21-32(33(24-28)40-4)43-35(39)36(2,3)44-31-19-15-29(37)16-20-31/h5-7,10-21,24H,1,22-23H2,2-4H3. The zero-order chi connectivity index (χ0) is 31.5. The van der Waals surface area contributed by atoms with E-state index in [1.165, 1.54) is 19.2 Å². The molecule has 0 fully saturated rings. The largest absolute Gasteiger partial charge is 0.493 e. The van der Waals surface area contributed by atoms with Gasteiger partial charge < -0.3 is 23.7 Å². The highest BCUT2D eigenvalue weighted by Crippen LogP contribution is 2.32. The maximum Gasteiger partial charge on any atom is 0.355 e. The Morgan fingerprint density at radius 3 is 2.11 bits per heavy atom. The minimum absolute atomic E-state index is 0.0872. The van der Waals surface area contributed by atoms with Crippen molar-refractivity contribution in [3.05, 3.63) is 114 Å². The van der Waals surface area contributed by atoms with Crippen LogP contribution in [-0.4, -0.2) is 37.9 Å². The fraction of sp³-hybridized carbons (Fsp3) is 0.167. The lowest BCUT2D eigenvalue weighted by atomic mass is 10.1. The van der Waals surface area contributed by atoms with E-state index >= 15 is 0 Å². The summed E-state index contributed by atoms with van der Waals surface area (Å²) >= 11 is 5.91. The van der Waals surface area contributed by atoms with Crippen molar-refractivity contribution in [3.63, 3.8) is 0 Å². The van der Waals surface area contributed by atoms with Gasteiger partial charge in [-0.15, -0.1) is 0 Å². The Kier molecular flexibility index (Phi) is 10.7. The molecule has 224 valence electrons. The minimum Gasteiger partial charge on any atom is -0.493 e. The van der Waals surface area contributed by atoms with Gasteiger partial charge in [-0.3, -0.25) is 0 Å². The number of ether oxygens (including phenoxy) is 5. The minimum atomic E-state index is -1.32. The third kappa shape index (κ3) is 8.66. The molecule has 0 unspecified atom stereocenters. The van der Waals surface area contributed by atoms with Gasteiger partial charge in [0.25, 0.3) is 0 Å². The summed E-state index contributed by atoms with van der Waals surface area (Å²) in [6.45, 7) is 7.00. The fourth-order valence-electron chi connectivity index (χ4n) is 3.90. The number of methoxy groups -OCH3 is 1. The second-order valence-corrected chi connectivity index (χ2v) is 10.3. The van der Waals surface area contributed by atoms with E-state index in [0.29, 0.717) is 22.1 Å². The molecule has 0 atom stereocenters. The highest BCUT2D eigenvalue weighted by atomic mass is 35.5. The fourth-order valence-corrected chi connectivity index (χ4v) is 4.03. The molecule has 0 aromatic heterocycles. The molecule has 4 rings (SSSR count). The van der Waals surface area contributed by atoms with Gasteiger partial charge in [0, 0.05) is 5.02 Å². The van der Waals surface area contributed by atoms with E-state index < -0.39 is 17.5 Å². The summed E-state index contributed by atoms with van der Waals surface area (Å²) in [4.78, 5) is 25.5. The highest BCUT2D eigenvalue weighted by molar-refractivity contribution is 6.30. The number of carbonyl (C=O) groups is 2. The summed E-state index contributed by atoms with van der Waals surface area (Å²) in [5.74, 6) is 5.80. The molecule has 44 heavy (non-hydrogen) atoms. The molecule has 0 amide bonds. The molecule has 7 nitrogen and oxygen atoms in total. The molecule has 0 N–H and O–H groups in total. The quantitative estimate of drug-likeness (QED) is 0.0757. The van der Waals surface area contributed by atoms with Gasteiger partial charge in [0.15, 0.2) is 18.1 Å². The summed E-state index contributed by atoms with van der Waals surface area (Å²) in [7, 11) is 1.42. The summed E-state index contributed by atoms with van der Waals surface area (Å²) in [6.07, 6.45) is 0. The van der Waals surface area contributed by atoms with Crippen LogP contribution in [0, 0.1) is 11.8 Å². The summed E-state index contributed by atoms with van der Waals surface area (Å²) in [5.41, 5.74) is 1.42. The molecule has 0 saturated carbocycles. The maximum absolute atomic E-state index is 12.9. The number of esters is 2. The molecule has 0 saturated heterocycles. The molecule has 4 aromatic carbocycles. The predicted octanol–water partition coefficient (Wildman–Crippen LogP) is 7.42. The van der Waals surface area contributed by atoms with E-state index in [0.717, 1.165) is 11.1 Å². The SMILES string of the molecule is C=C(C(=O)OCC#CCOc1ccc(-c2ccccc2)cc1)c1ccc(OC(=O)C(C)(C)Oc2ccc(Cl)cc2)c(OC)c1. The molecule has 0 bridgehead atoms. The number of carbonyl (C=O) groups excluding carboxylic acids is 2. The van der Waals surface area contributed by atoms with Gasteiger partial charge in [-0.1, -0.05) is 78.6 Å². The van der Waals surface area contributed by atoms with Gasteiger partial charge in [0.05, 0.1) is 12.7 Å². The van der Waals surface area contributed by atoms with Crippen LogP contribution in [0.4, 0.5) is 0 Å². The predicted molar refractivity (Wildman–Crippen MR) is 170 cm³/mol. The molecule has 0 spiro atoms. The average Bonchev–Trinajstić information content (AvgIpc) is 3.04. The molecule has 4 aromatic rings. The normalized spacial score (nSPS) is 10.5. The molecular formula is C36H31ClO7. The highest BCUT2D eigenvalue weighted by Gasteiger charge is 2.33. The first kappa shape index (κ1) is 31.7. The molecule has 0 aliphatic heterocycles. The van der Waals surface area contributed by atoms with Crippen LogP contribution in [0.2, 0.25) is 5.02 Å². The van der Waals surface area contributed by atoms with Crippen molar-refractivity contribution < 1.29 is 33.3 Å². The van der Waals surface area contributed by atoms with E-state index in [2.05, 4.69) is 18.4 Å². The molecule has 0 radical (unpaired) electrons. The zero-order valence-electron chi connectivity index (χ0n) is 24.6. The molecule has 0 aliphatic rings. The van der Waals surface area contributed by atoms with Gasteiger partial charge >= 0.3 is 11.9 Å². The first-order valence-corrected chi connectivity index (χ1v) is 14.0. The first-order chi connectivity index (χ1) is 21.2. The summed E-state index contributed by atoms with van der Waals surface area (Å²) < 4.78 is 27.6. The first-order valence-electron chi connectivity index (χ1n) is 13.6. The van der Waals surface area contributed by atoms with Gasteiger partial charge in [0.2, 0.25) is 5.60 Å². The van der Waals surface area contributed by atoms with Gasteiger partial charge in [0.1, 0.15) is 18.1 Å². The molecule has 8 heteroatoms. The van der Waals surface area contributed by atoms with Crippen molar-refractivity contribution >= 4 is 29.1 Å².